The molecule has 0 aliphatic carbocycles. The molecule has 2 N–H and O–H groups in total. The lowest BCUT2D eigenvalue weighted by Gasteiger charge is -2.17. The van der Waals surface area contributed by atoms with Gasteiger partial charge >= 0.3 is 0 Å². The van der Waals surface area contributed by atoms with Crippen LogP contribution in [0.3, 0.4) is 0 Å². The van der Waals surface area contributed by atoms with Gasteiger partial charge in [0.25, 0.3) is 5.91 Å². The zero-order valence-electron chi connectivity index (χ0n) is 17.5. The lowest BCUT2D eigenvalue weighted by atomic mass is 9.95. The van der Waals surface area contributed by atoms with Crippen molar-refractivity contribution in [1.29, 1.82) is 0 Å². The van der Waals surface area contributed by atoms with Gasteiger partial charge in [0, 0.05) is 34.1 Å². The summed E-state index contributed by atoms with van der Waals surface area (Å²) in [6, 6.07) is 17.6. The van der Waals surface area contributed by atoms with E-state index < -0.39 is 5.41 Å². The second kappa shape index (κ2) is 8.02. The SMILES string of the molecule is CC(C)(C)C(=O)Nc1ccc(C(=O)Nc2ccc(-c3nc4ncccc4o3)cc2)cc1. The average Bonchev–Trinajstić information content (AvgIpc) is 3.18. The molecule has 0 atom stereocenters. The number of carbonyl (C=O) groups is 2. The molecule has 0 bridgehead atoms. The summed E-state index contributed by atoms with van der Waals surface area (Å²) in [5, 5.41) is 5.70. The summed E-state index contributed by atoms with van der Waals surface area (Å²) in [5.41, 5.74) is 3.25. The Bertz CT molecular complexity index is 1200. The van der Waals surface area contributed by atoms with Crippen molar-refractivity contribution in [2.45, 2.75) is 20.8 Å². The fraction of sp³-hybridized carbons (Fsp3) is 0.167. The highest BCUT2D eigenvalue weighted by molar-refractivity contribution is 6.04. The van der Waals surface area contributed by atoms with Gasteiger partial charge in [-0.2, -0.15) is 4.98 Å². The number of oxazole rings is 1. The topological polar surface area (TPSA) is 97.1 Å². The van der Waals surface area contributed by atoms with Gasteiger partial charge in [-0.05, 0) is 60.7 Å². The number of nitrogens with one attached hydrogen (secondary N) is 2. The van der Waals surface area contributed by atoms with Crippen LogP contribution in [0.15, 0.2) is 71.3 Å². The maximum atomic E-state index is 12.5. The molecule has 0 spiro atoms. The molecule has 4 aromatic rings. The molecule has 7 heteroatoms. The highest BCUT2D eigenvalue weighted by Gasteiger charge is 2.21. The molecule has 0 fully saturated rings. The van der Waals surface area contributed by atoms with E-state index >= 15 is 0 Å². The van der Waals surface area contributed by atoms with E-state index in [9.17, 15) is 9.59 Å². The molecular weight excluding hydrogens is 392 g/mol. The lowest BCUT2D eigenvalue weighted by molar-refractivity contribution is -0.123. The number of amides is 2. The van der Waals surface area contributed by atoms with Crippen molar-refractivity contribution >= 4 is 34.4 Å². The molecule has 2 aromatic heterocycles. The van der Waals surface area contributed by atoms with Crippen LogP contribution in [0.5, 0.6) is 0 Å². The highest BCUT2D eigenvalue weighted by atomic mass is 16.3. The Hall–Kier alpha value is -4.00. The van der Waals surface area contributed by atoms with Crippen molar-refractivity contribution in [3.05, 3.63) is 72.4 Å². The Balaban J connectivity index is 1.42. The molecule has 2 aromatic carbocycles. The number of pyridine rings is 1. The number of fused-ring (bicyclic) bond motifs is 1. The van der Waals surface area contributed by atoms with Crippen molar-refractivity contribution in [1.82, 2.24) is 9.97 Å². The van der Waals surface area contributed by atoms with Gasteiger partial charge in [0.05, 0.1) is 0 Å². The summed E-state index contributed by atoms with van der Waals surface area (Å²) in [6.07, 6.45) is 1.66. The van der Waals surface area contributed by atoms with Gasteiger partial charge in [-0.15, -0.1) is 0 Å². The summed E-state index contributed by atoms with van der Waals surface area (Å²) in [5.74, 6) is 0.145. The number of aromatic nitrogens is 2. The van der Waals surface area contributed by atoms with Gasteiger partial charge in [-0.3, -0.25) is 9.59 Å². The standard InChI is InChI=1S/C24H22N4O3/c1-24(2,3)23(30)27-18-10-6-15(7-11-18)21(29)26-17-12-8-16(9-13-17)22-28-20-19(31-22)5-4-14-25-20/h4-14H,1-3H3,(H,26,29)(H,27,30). The first-order chi connectivity index (χ1) is 14.8. The number of anilines is 2. The smallest absolute Gasteiger partial charge is 0.255 e. The molecule has 7 nitrogen and oxygen atoms in total. The normalized spacial score (nSPS) is 11.3. The van der Waals surface area contributed by atoms with Crippen molar-refractivity contribution in [2.75, 3.05) is 10.6 Å². The van der Waals surface area contributed by atoms with E-state index in [1.54, 1.807) is 48.7 Å². The van der Waals surface area contributed by atoms with Crippen LogP contribution in [-0.4, -0.2) is 21.8 Å². The third-order valence-electron chi connectivity index (χ3n) is 4.64. The van der Waals surface area contributed by atoms with Crippen LogP contribution in [0.2, 0.25) is 0 Å². The van der Waals surface area contributed by atoms with Crippen LogP contribution in [-0.2, 0) is 4.79 Å². The fourth-order valence-electron chi connectivity index (χ4n) is 2.82. The molecule has 4 rings (SSSR count). The predicted molar refractivity (Wildman–Crippen MR) is 120 cm³/mol. The van der Waals surface area contributed by atoms with E-state index in [-0.39, 0.29) is 11.8 Å². The van der Waals surface area contributed by atoms with Crippen LogP contribution in [0.1, 0.15) is 31.1 Å². The van der Waals surface area contributed by atoms with Crippen molar-refractivity contribution in [3.63, 3.8) is 0 Å². The van der Waals surface area contributed by atoms with E-state index in [2.05, 4.69) is 20.6 Å². The van der Waals surface area contributed by atoms with Gasteiger partial charge in [0.15, 0.2) is 11.2 Å². The van der Waals surface area contributed by atoms with E-state index in [4.69, 9.17) is 4.42 Å². The Morgan fingerprint density at radius 2 is 1.52 bits per heavy atom. The molecule has 0 saturated heterocycles. The van der Waals surface area contributed by atoms with Gasteiger partial charge in [0.1, 0.15) is 0 Å². The van der Waals surface area contributed by atoms with Gasteiger partial charge in [-0.1, -0.05) is 20.8 Å². The van der Waals surface area contributed by atoms with E-state index in [1.165, 1.54) is 0 Å². The van der Waals surface area contributed by atoms with E-state index in [1.807, 2.05) is 39.0 Å². The molecule has 0 aliphatic rings. The summed E-state index contributed by atoms with van der Waals surface area (Å²) in [4.78, 5) is 33.1. The van der Waals surface area contributed by atoms with Crippen LogP contribution in [0, 0.1) is 5.41 Å². The van der Waals surface area contributed by atoms with Gasteiger partial charge < -0.3 is 15.1 Å². The molecule has 2 heterocycles. The summed E-state index contributed by atoms with van der Waals surface area (Å²) in [6.45, 7) is 5.53. The van der Waals surface area contributed by atoms with Crippen molar-refractivity contribution in [2.24, 2.45) is 5.41 Å². The van der Waals surface area contributed by atoms with Crippen LogP contribution in [0.4, 0.5) is 11.4 Å². The van der Waals surface area contributed by atoms with Crippen LogP contribution < -0.4 is 10.6 Å². The number of hydrogen-bond donors (Lipinski definition) is 2. The summed E-state index contributed by atoms with van der Waals surface area (Å²) in [7, 11) is 0. The first-order valence-electron chi connectivity index (χ1n) is 9.84. The van der Waals surface area contributed by atoms with Crippen molar-refractivity contribution < 1.29 is 14.0 Å². The Kier molecular flexibility index (Phi) is 5.25. The third-order valence-corrected chi connectivity index (χ3v) is 4.64. The predicted octanol–water partition coefficient (Wildman–Crippen LogP) is 5.13. The quantitative estimate of drug-likeness (QED) is 0.483. The third kappa shape index (κ3) is 4.61. The fourth-order valence-corrected chi connectivity index (χ4v) is 2.82. The number of carbonyl (C=O) groups excluding carboxylic acids is 2. The molecule has 0 aliphatic heterocycles. The zero-order valence-corrected chi connectivity index (χ0v) is 17.5. The maximum Gasteiger partial charge on any atom is 0.255 e. The first kappa shape index (κ1) is 20.3. The maximum absolute atomic E-state index is 12.5. The average molecular weight is 414 g/mol. The lowest BCUT2D eigenvalue weighted by Crippen LogP contribution is -2.27. The molecule has 0 radical (unpaired) electrons. The van der Waals surface area contributed by atoms with E-state index in [0.717, 1.165) is 5.56 Å². The minimum atomic E-state index is -0.489. The van der Waals surface area contributed by atoms with Crippen LogP contribution in [0.25, 0.3) is 22.7 Å². The minimum Gasteiger partial charge on any atom is -0.434 e. The second-order valence-corrected chi connectivity index (χ2v) is 8.16. The van der Waals surface area contributed by atoms with Gasteiger partial charge in [0.2, 0.25) is 11.8 Å². The molecular formula is C24H22N4O3. The number of benzene rings is 2. The number of hydrogen-bond acceptors (Lipinski definition) is 5. The van der Waals surface area contributed by atoms with E-state index in [0.29, 0.717) is 34.1 Å². The molecule has 2 amide bonds. The monoisotopic (exact) mass is 414 g/mol. The Morgan fingerprint density at radius 3 is 2.16 bits per heavy atom. The highest BCUT2D eigenvalue weighted by Crippen LogP contribution is 2.24. The number of rotatable bonds is 4. The molecule has 31 heavy (non-hydrogen) atoms. The number of nitrogens with zero attached hydrogens (tertiary/aromatic N) is 2. The minimum absolute atomic E-state index is 0.0838. The molecule has 0 saturated carbocycles. The Morgan fingerprint density at radius 1 is 0.871 bits per heavy atom. The van der Waals surface area contributed by atoms with Crippen LogP contribution >= 0.6 is 0 Å². The van der Waals surface area contributed by atoms with Gasteiger partial charge in [-0.25, -0.2) is 4.98 Å². The van der Waals surface area contributed by atoms with Crippen molar-refractivity contribution in [3.8, 4) is 11.5 Å². The first-order valence-corrected chi connectivity index (χ1v) is 9.84. The second-order valence-electron chi connectivity index (χ2n) is 8.16. The largest absolute Gasteiger partial charge is 0.434 e. The molecule has 156 valence electrons. The Labute approximate surface area is 179 Å². The molecule has 0 unspecified atom stereocenters. The zero-order chi connectivity index (χ0) is 22.0. The summed E-state index contributed by atoms with van der Waals surface area (Å²) < 4.78 is 5.71. The summed E-state index contributed by atoms with van der Waals surface area (Å²) >= 11 is 0.